The average Bonchev–Trinajstić information content (AvgIpc) is 2.92. The third-order valence-corrected chi connectivity index (χ3v) is 5.84. The first kappa shape index (κ1) is 14.8. The first-order chi connectivity index (χ1) is 9.84. The summed E-state index contributed by atoms with van der Waals surface area (Å²) in [4.78, 5) is 5.37. The van der Waals surface area contributed by atoms with Crippen LogP contribution < -0.4 is 0 Å². The summed E-state index contributed by atoms with van der Waals surface area (Å²) < 4.78 is 0. The summed E-state index contributed by atoms with van der Waals surface area (Å²) in [6.07, 6.45) is 11.8. The lowest BCUT2D eigenvalue weighted by molar-refractivity contribution is 0.0295. The second-order valence-electron chi connectivity index (χ2n) is 7.16. The minimum atomic E-state index is -0.0180. The molecular weight excluding hydrogens is 248 g/mol. The zero-order valence-electron chi connectivity index (χ0n) is 13.0. The van der Waals surface area contributed by atoms with Crippen LogP contribution in [-0.2, 0) is 0 Å². The Hall–Kier alpha value is -0.120. The van der Waals surface area contributed by atoms with Gasteiger partial charge in [0, 0.05) is 25.0 Å². The SMILES string of the molecule is OC1CCCC1C1CCCCN1CCN1CCCCC1. The van der Waals surface area contributed by atoms with E-state index in [9.17, 15) is 5.11 Å². The van der Waals surface area contributed by atoms with Gasteiger partial charge in [-0.2, -0.15) is 0 Å². The third kappa shape index (κ3) is 3.55. The number of hydrogen-bond acceptors (Lipinski definition) is 3. The molecule has 0 aromatic rings. The van der Waals surface area contributed by atoms with Crippen LogP contribution in [0.4, 0.5) is 0 Å². The first-order valence-corrected chi connectivity index (χ1v) is 8.99. The molecule has 3 fully saturated rings. The maximum Gasteiger partial charge on any atom is 0.0583 e. The minimum Gasteiger partial charge on any atom is -0.393 e. The Labute approximate surface area is 124 Å². The van der Waals surface area contributed by atoms with Gasteiger partial charge in [-0.15, -0.1) is 0 Å². The zero-order valence-corrected chi connectivity index (χ0v) is 13.0. The van der Waals surface area contributed by atoms with Crippen LogP contribution in [0.3, 0.4) is 0 Å². The molecule has 3 unspecified atom stereocenters. The topological polar surface area (TPSA) is 26.7 Å². The van der Waals surface area contributed by atoms with E-state index in [4.69, 9.17) is 0 Å². The van der Waals surface area contributed by atoms with Crippen molar-refractivity contribution in [1.82, 2.24) is 9.80 Å². The van der Waals surface area contributed by atoms with Crippen LogP contribution in [0.25, 0.3) is 0 Å². The molecule has 3 heteroatoms. The largest absolute Gasteiger partial charge is 0.393 e. The van der Waals surface area contributed by atoms with Crippen molar-refractivity contribution < 1.29 is 5.11 Å². The summed E-state index contributed by atoms with van der Waals surface area (Å²) >= 11 is 0. The van der Waals surface area contributed by atoms with Crippen LogP contribution in [0, 0.1) is 5.92 Å². The fourth-order valence-electron chi connectivity index (χ4n) is 4.65. The van der Waals surface area contributed by atoms with Gasteiger partial charge in [-0.05, 0) is 58.2 Å². The van der Waals surface area contributed by atoms with Crippen molar-refractivity contribution in [2.45, 2.75) is 69.9 Å². The van der Waals surface area contributed by atoms with Gasteiger partial charge in [-0.3, -0.25) is 4.90 Å². The van der Waals surface area contributed by atoms with Gasteiger partial charge in [0.1, 0.15) is 0 Å². The van der Waals surface area contributed by atoms with E-state index in [-0.39, 0.29) is 6.10 Å². The van der Waals surface area contributed by atoms with E-state index in [1.807, 2.05) is 0 Å². The first-order valence-electron chi connectivity index (χ1n) is 8.99. The Balaban J connectivity index is 1.52. The number of piperidine rings is 2. The monoisotopic (exact) mass is 280 g/mol. The fraction of sp³-hybridized carbons (Fsp3) is 1.00. The zero-order chi connectivity index (χ0) is 13.8. The van der Waals surface area contributed by atoms with Crippen LogP contribution in [0.5, 0.6) is 0 Å². The van der Waals surface area contributed by atoms with E-state index >= 15 is 0 Å². The maximum absolute atomic E-state index is 10.2. The molecule has 3 aliphatic rings. The fourth-order valence-corrected chi connectivity index (χ4v) is 4.65. The minimum absolute atomic E-state index is 0.0180. The van der Waals surface area contributed by atoms with Gasteiger partial charge in [0.15, 0.2) is 0 Å². The molecule has 0 aromatic heterocycles. The number of nitrogens with zero attached hydrogens (tertiary/aromatic N) is 2. The van der Waals surface area contributed by atoms with Gasteiger partial charge < -0.3 is 10.0 Å². The lowest BCUT2D eigenvalue weighted by Gasteiger charge is -2.41. The molecule has 2 saturated heterocycles. The van der Waals surface area contributed by atoms with E-state index in [0.717, 1.165) is 6.42 Å². The van der Waals surface area contributed by atoms with Crippen LogP contribution in [0.2, 0.25) is 0 Å². The summed E-state index contributed by atoms with van der Waals surface area (Å²) in [5.74, 6) is 0.566. The van der Waals surface area contributed by atoms with Crippen LogP contribution >= 0.6 is 0 Å². The van der Waals surface area contributed by atoms with Crippen molar-refractivity contribution >= 4 is 0 Å². The average molecular weight is 280 g/mol. The highest BCUT2D eigenvalue weighted by atomic mass is 16.3. The van der Waals surface area contributed by atoms with Crippen LogP contribution in [-0.4, -0.2) is 59.8 Å². The maximum atomic E-state index is 10.2. The molecule has 116 valence electrons. The van der Waals surface area contributed by atoms with E-state index in [0.29, 0.717) is 12.0 Å². The molecule has 0 aromatic carbocycles. The molecule has 0 bridgehead atoms. The molecule has 1 saturated carbocycles. The lowest BCUT2D eigenvalue weighted by atomic mass is 9.87. The highest BCUT2D eigenvalue weighted by molar-refractivity contribution is 4.90. The van der Waals surface area contributed by atoms with Gasteiger partial charge in [0.2, 0.25) is 0 Å². The predicted octanol–water partition coefficient (Wildman–Crippen LogP) is 2.49. The molecule has 3 atom stereocenters. The molecule has 2 heterocycles. The Morgan fingerprint density at radius 2 is 1.55 bits per heavy atom. The van der Waals surface area contributed by atoms with Crippen LogP contribution in [0.15, 0.2) is 0 Å². The second kappa shape index (κ2) is 7.24. The van der Waals surface area contributed by atoms with E-state index in [1.54, 1.807) is 0 Å². The molecular formula is C17H32N2O. The van der Waals surface area contributed by atoms with E-state index < -0.39 is 0 Å². The summed E-state index contributed by atoms with van der Waals surface area (Å²) in [5, 5.41) is 10.2. The Morgan fingerprint density at radius 1 is 0.750 bits per heavy atom. The highest BCUT2D eigenvalue weighted by Gasteiger charge is 2.36. The van der Waals surface area contributed by atoms with Crippen molar-refractivity contribution in [2.24, 2.45) is 5.92 Å². The molecule has 0 amide bonds. The normalized spacial score (nSPS) is 37.4. The molecule has 0 spiro atoms. The summed E-state index contributed by atoms with van der Waals surface area (Å²) in [5.41, 5.74) is 0. The summed E-state index contributed by atoms with van der Waals surface area (Å²) in [6, 6.07) is 0.672. The lowest BCUT2D eigenvalue weighted by Crippen LogP contribution is -2.49. The summed E-state index contributed by atoms with van der Waals surface area (Å²) in [6.45, 7) is 6.37. The Morgan fingerprint density at radius 3 is 2.30 bits per heavy atom. The molecule has 20 heavy (non-hydrogen) atoms. The van der Waals surface area contributed by atoms with Crippen molar-refractivity contribution in [2.75, 3.05) is 32.7 Å². The molecule has 1 N–H and O–H groups in total. The smallest absolute Gasteiger partial charge is 0.0583 e. The number of aliphatic hydroxyl groups excluding tert-OH is 1. The molecule has 2 aliphatic heterocycles. The highest BCUT2D eigenvalue weighted by Crippen LogP contribution is 2.35. The predicted molar refractivity (Wildman–Crippen MR) is 82.9 cm³/mol. The molecule has 0 radical (unpaired) electrons. The Kier molecular flexibility index (Phi) is 5.36. The van der Waals surface area contributed by atoms with Gasteiger partial charge >= 0.3 is 0 Å². The number of likely N-dealkylation sites (tertiary alicyclic amines) is 2. The van der Waals surface area contributed by atoms with Crippen molar-refractivity contribution in [3.63, 3.8) is 0 Å². The number of aliphatic hydroxyl groups is 1. The van der Waals surface area contributed by atoms with Crippen molar-refractivity contribution in [1.29, 1.82) is 0 Å². The quantitative estimate of drug-likeness (QED) is 0.857. The van der Waals surface area contributed by atoms with Gasteiger partial charge in [0.25, 0.3) is 0 Å². The van der Waals surface area contributed by atoms with Gasteiger partial charge in [-0.1, -0.05) is 19.3 Å². The number of rotatable bonds is 4. The second-order valence-corrected chi connectivity index (χ2v) is 7.16. The molecule has 3 rings (SSSR count). The Bertz CT molecular complexity index is 291. The van der Waals surface area contributed by atoms with Crippen molar-refractivity contribution in [3.8, 4) is 0 Å². The summed E-state index contributed by atoms with van der Waals surface area (Å²) in [7, 11) is 0. The van der Waals surface area contributed by atoms with E-state index in [1.165, 1.54) is 84.1 Å². The van der Waals surface area contributed by atoms with E-state index in [2.05, 4.69) is 9.80 Å². The molecule has 1 aliphatic carbocycles. The van der Waals surface area contributed by atoms with Crippen LogP contribution in [0.1, 0.15) is 57.8 Å². The van der Waals surface area contributed by atoms with Gasteiger partial charge in [0.05, 0.1) is 6.10 Å². The standard InChI is InChI=1S/C17H32N2O/c20-17-9-6-7-15(17)16-8-2-5-12-19(16)14-13-18-10-3-1-4-11-18/h15-17,20H,1-14H2. The third-order valence-electron chi connectivity index (χ3n) is 5.84. The van der Waals surface area contributed by atoms with Gasteiger partial charge in [-0.25, -0.2) is 0 Å². The molecule has 3 nitrogen and oxygen atoms in total. The number of hydrogen-bond donors (Lipinski definition) is 1. The van der Waals surface area contributed by atoms with Crippen molar-refractivity contribution in [3.05, 3.63) is 0 Å².